The molecule has 6 heteroatoms. The van der Waals surface area contributed by atoms with E-state index in [-0.39, 0.29) is 5.82 Å². The van der Waals surface area contributed by atoms with E-state index in [0.717, 1.165) is 54.5 Å². The Hall–Kier alpha value is -1.14. The highest BCUT2D eigenvalue weighted by molar-refractivity contribution is 9.10. The number of rotatable bonds is 5. The van der Waals surface area contributed by atoms with Crippen LogP contribution in [0, 0.1) is 11.7 Å². The van der Waals surface area contributed by atoms with Gasteiger partial charge in [-0.15, -0.1) is 0 Å². The average Bonchev–Trinajstić information content (AvgIpc) is 3.42. The van der Waals surface area contributed by atoms with Gasteiger partial charge in [-0.05, 0) is 55.4 Å². The summed E-state index contributed by atoms with van der Waals surface area (Å²) in [5.41, 5.74) is 0.888. The first kappa shape index (κ1) is 17.7. The van der Waals surface area contributed by atoms with Crippen LogP contribution in [0.1, 0.15) is 31.2 Å². The van der Waals surface area contributed by atoms with Gasteiger partial charge >= 0.3 is 0 Å². The van der Waals surface area contributed by atoms with Crippen molar-refractivity contribution in [1.29, 1.82) is 0 Å². The fourth-order valence-corrected chi connectivity index (χ4v) is 3.36. The lowest BCUT2D eigenvalue weighted by Gasteiger charge is -2.34. The normalized spacial score (nSPS) is 19.6. The second-order valence-electron chi connectivity index (χ2n) is 6.60. The van der Waals surface area contributed by atoms with Gasteiger partial charge in [0, 0.05) is 37.8 Å². The van der Waals surface area contributed by atoms with Crippen molar-refractivity contribution in [3.05, 3.63) is 34.1 Å². The van der Waals surface area contributed by atoms with Gasteiger partial charge in [0.1, 0.15) is 5.82 Å². The first-order valence-electron chi connectivity index (χ1n) is 8.67. The van der Waals surface area contributed by atoms with Crippen LogP contribution in [0.15, 0.2) is 27.7 Å². The molecule has 1 heterocycles. The molecule has 0 spiro atoms. The minimum atomic E-state index is -0.224. The quantitative estimate of drug-likeness (QED) is 0.609. The van der Waals surface area contributed by atoms with Crippen LogP contribution in [0.25, 0.3) is 0 Å². The molecule has 24 heavy (non-hydrogen) atoms. The van der Waals surface area contributed by atoms with Crippen molar-refractivity contribution < 1.29 is 9.13 Å². The molecule has 2 aliphatic rings. The zero-order chi connectivity index (χ0) is 16.9. The summed E-state index contributed by atoms with van der Waals surface area (Å²) in [6.45, 7) is 3.37. The molecule has 0 bridgehead atoms. The Morgan fingerprint density at radius 1 is 1.33 bits per heavy atom. The summed E-state index contributed by atoms with van der Waals surface area (Å²) in [4.78, 5) is 6.62. The number of nitrogens with zero attached hydrogens (tertiary/aromatic N) is 2. The third-order valence-corrected chi connectivity index (χ3v) is 5.44. The van der Waals surface area contributed by atoms with Crippen LogP contribution in [0.2, 0.25) is 0 Å². The van der Waals surface area contributed by atoms with Crippen LogP contribution in [0.5, 0.6) is 0 Å². The van der Waals surface area contributed by atoms with Crippen molar-refractivity contribution in [3.63, 3.8) is 0 Å². The summed E-state index contributed by atoms with van der Waals surface area (Å²) >= 11 is 3.46. The smallest absolute Gasteiger partial charge is 0.193 e. The number of hydrogen-bond acceptors (Lipinski definition) is 2. The van der Waals surface area contributed by atoms with E-state index in [1.807, 2.05) is 0 Å². The summed E-state index contributed by atoms with van der Waals surface area (Å²) < 4.78 is 20.3. The summed E-state index contributed by atoms with van der Waals surface area (Å²) in [5, 5.41) is 3.34. The molecule has 1 aliphatic heterocycles. The molecule has 132 valence electrons. The first-order valence-corrected chi connectivity index (χ1v) is 9.46. The molecular formula is C18H25BrFN3O. The maximum atomic E-state index is 13.4. The largest absolute Gasteiger partial charge is 0.378 e. The number of guanidine groups is 1. The van der Waals surface area contributed by atoms with Crippen molar-refractivity contribution in [1.82, 2.24) is 10.2 Å². The van der Waals surface area contributed by atoms with Gasteiger partial charge in [0.2, 0.25) is 0 Å². The molecule has 3 rings (SSSR count). The Morgan fingerprint density at radius 2 is 2.08 bits per heavy atom. The highest BCUT2D eigenvalue weighted by Crippen LogP contribution is 2.30. The molecule has 0 atom stereocenters. The van der Waals surface area contributed by atoms with E-state index in [1.165, 1.54) is 18.9 Å². The summed E-state index contributed by atoms with van der Waals surface area (Å²) in [5.74, 6) is 1.47. The molecule has 2 fully saturated rings. The van der Waals surface area contributed by atoms with Crippen molar-refractivity contribution in [2.75, 3.05) is 26.7 Å². The van der Waals surface area contributed by atoms with E-state index in [1.54, 1.807) is 19.2 Å². The topological polar surface area (TPSA) is 36.9 Å². The SMILES string of the molecule is CN=C(NCc1cc(F)ccc1Br)N1CCC(OCC2CC2)CC1. The molecule has 0 aromatic heterocycles. The van der Waals surface area contributed by atoms with E-state index in [9.17, 15) is 4.39 Å². The summed E-state index contributed by atoms with van der Waals surface area (Å²) in [7, 11) is 1.79. The summed E-state index contributed by atoms with van der Waals surface area (Å²) in [6, 6.07) is 4.73. The molecule has 1 aromatic carbocycles. The predicted molar refractivity (Wildman–Crippen MR) is 97.6 cm³/mol. The highest BCUT2D eigenvalue weighted by atomic mass is 79.9. The third-order valence-electron chi connectivity index (χ3n) is 4.66. The number of ether oxygens (including phenoxy) is 1. The van der Waals surface area contributed by atoms with E-state index in [4.69, 9.17) is 4.74 Å². The molecule has 4 nitrogen and oxygen atoms in total. The van der Waals surface area contributed by atoms with Crippen LogP contribution >= 0.6 is 15.9 Å². The zero-order valence-corrected chi connectivity index (χ0v) is 15.7. The van der Waals surface area contributed by atoms with Crippen LogP contribution in [-0.2, 0) is 11.3 Å². The van der Waals surface area contributed by atoms with Gasteiger partial charge in [0.25, 0.3) is 0 Å². The maximum Gasteiger partial charge on any atom is 0.193 e. The standard InChI is InChI=1S/C18H25BrFN3O/c1-21-18(22-11-14-10-15(20)4-5-17(14)19)23-8-6-16(7-9-23)24-12-13-2-3-13/h4-5,10,13,16H,2-3,6-9,11-12H2,1H3,(H,21,22). The lowest BCUT2D eigenvalue weighted by Crippen LogP contribution is -2.46. The molecule has 0 unspecified atom stereocenters. The van der Waals surface area contributed by atoms with Gasteiger partial charge in [0.15, 0.2) is 5.96 Å². The lowest BCUT2D eigenvalue weighted by atomic mass is 10.1. The molecular weight excluding hydrogens is 373 g/mol. The van der Waals surface area contributed by atoms with Crippen LogP contribution in [-0.4, -0.2) is 43.7 Å². The molecule has 0 amide bonds. The third kappa shape index (κ3) is 4.93. The van der Waals surface area contributed by atoms with Crippen LogP contribution in [0.4, 0.5) is 4.39 Å². The van der Waals surface area contributed by atoms with Crippen molar-refractivity contribution >= 4 is 21.9 Å². The molecule has 1 aromatic rings. The molecule has 1 saturated heterocycles. The van der Waals surface area contributed by atoms with Crippen molar-refractivity contribution in [3.8, 4) is 0 Å². The predicted octanol–water partition coefficient (Wildman–Crippen LogP) is 3.55. The van der Waals surface area contributed by atoms with Gasteiger partial charge < -0.3 is 15.0 Å². The molecule has 1 saturated carbocycles. The Balaban J connectivity index is 1.47. The Kier molecular flexibility index (Phi) is 6.11. The molecule has 0 radical (unpaired) electrons. The Bertz CT molecular complexity index is 584. The first-order chi connectivity index (χ1) is 11.7. The van der Waals surface area contributed by atoms with Crippen molar-refractivity contribution in [2.45, 2.75) is 38.3 Å². The number of halogens is 2. The van der Waals surface area contributed by atoms with Gasteiger partial charge in [-0.25, -0.2) is 4.39 Å². The number of piperidine rings is 1. The molecule has 1 aliphatic carbocycles. The van der Waals surface area contributed by atoms with Crippen LogP contribution in [0.3, 0.4) is 0 Å². The Labute approximate surface area is 151 Å². The van der Waals surface area contributed by atoms with Gasteiger partial charge in [-0.2, -0.15) is 0 Å². The minimum Gasteiger partial charge on any atom is -0.378 e. The van der Waals surface area contributed by atoms with Gasteiger partial charge in [0.05, 0.1) is 6.10 Å². The number of benzene rings is 1. The van der Waals surface area contributed by atoms with Gasteiger partial charge in [-0.1, -0.05) is 15.9 Å². The van der Waals surface area contributed by atoms with Gasteiger partial charge in [-0.3, -0.25) is 4.99 Å². The van der Waals surface area contributed by atoms with E-state index >= 15 is 0 Å². The maximum absolute atomic E-state index is 13.4. The highest BCUT2D eigenvalue weighted by Gasteiger charge is 2.26. The lowest BCUT2D eigenvalue weighted by molar-refractivity contribution is 0.0131. The van der Waals surface area contributed by atoms with E-state index < -0.39 is 0 Å². The Morgan fingerprint density at radius 3 is 2.75 bits per heavy atom. The zero-order valence-electron chi connectivity index (χ0n) is 14.1. The number of likely N-dealkylation sites (tertiary alicyclic amines) is 1. The fraction of sp³-hybridized carbons (Fsp3) is 0.611. The van der Waals surface area contributed by atoms with Crippen LogP contribution < -0.4 is 5.32 Å². The monoisotopic (exact) mass is 397 g/mol. The van der Waals surface area contributed by atoms with E-state index in [2.05, 4.69) is 31.1 Å². The number of nitrogens with one attached hydrogen (secondary N) is 1. The second kappa shape index (κ2) is 8.30. The number of hydrogen-bond donors (Lipinski definition) is 1. The minimum absolute atomic E-state index is 0.224. The second-order valence-corrected chi connectivity index (χ2v) is 7.45. The molecule has 1 N–H and O–H groups in total. The number of aliphatic imine (C=N–C) groups is 1. The van der Waals surface area contributed by atoms with Crippen molar-refractivity contribution in [2.24, 2.45) is 10.9 Å². The van der Waals surface area contributed by atoms with E-state index in [0.29, 0.717) is 12.6 Å². The average molecular weight is 398 g/mol. The fourth-order valence-electron chi connectivity index (χ4n) is 2.98. The summed E-state index contributed by atoms with van der Waals surface area (Å²) in [6.07, 6.45) is 5.14.